The summed E-state index contributed by atoms with van der Waals surface area (Å²) in [5.41, 5.74) is 4.03. The molecule has 4 rings (SSSR count). The third kappa shape index (κ3) is 4.09. The molecule has 7 nitrogen and oxygen atoms in total. The molecule has 1 saturated heterocycles. The topological polar surface area (TPSA) is 84.2 Å². The number of aryl methyl sites for hydroxylation is 1. The van der Waals surface area contributed by atoms with Gasteiger partial charge in [-0.15, -0.1) is 0 Å². The largest absolute Gasteiger partial charge is 0.367 e. The molecule has 3 N–H and O–H groups in total. The molecule has 0 atom stereocenters. The summed E-state index contributed by atoms with van der Waals surface area (Å²) >= 11 is 0. The van der Waals surface area contributed by atoms with Crippen molar-refractivity contribution in [3.05, 3.63) is 58.5 Å². The van der Waals surface area contributed by atoms with E-state index in [0.717, 1.165) is 48.6 Å². The van der Waals surface area contributed by atoms with Crippen molar-refractivity contribution < 1.29 is 4.79 Å². The second kappa shape index (κ2) is 7.90. The monoisotopic (exact) mass is 379 g/mol. The molecule has 1 amide bonds. The van der Waals surface area contributed by atoms with Crippen LogP contribution in [0.15, 0.2) is 47.3 Å². The number of anilines is 2. The van der Waals surface area contributed by atoms with Gasteiger partial charge < -0.3 is 25.1 Å². The van der Waals surface area contributed by atoms with E-state index in [1.165, 1.54) is 0 Å². The summed E-state index contributed by atoms with van der Waals surface area (Å²) in [7, 11) is 2.11. The van der Waals surface area contributed by atoms with Crippen LogP contribution >= 0.6 is 0 Å². The van der Waals surface area contributed by atoms with E-state index in [1.807, 2.05) is 42.5 Å². The summed E-state index contributed by atoms with van der Waals surface area (Å²) in [6.45, 7) is 3.68. The Labute approximate surface area is 163 Å². The van der Waals surface area contributed by atoms with Crippen LogP contribution in [-0.2, 0) is 11.2 Å². The first-order valence-corrected chi connectivity index (χ1v) is 9.62. The number of aromatic amines is 2. The van der Waals surface area contributed by atoms with Crippen LogP contribution < -0.4 is 15.9 Å². The molecule has 0 spiro atoms. The van der Waals surface area contributed by atoms with E-state index in [-0.39, 0.29) is 11.6 Å². The Bertz CT molecular complexity index is 1020. The van der Waals surface area contributed by atoms with Crippen LogP contribution in [0.3, 0.4) is 0 Å². The number of hydrogen-bond donors (Lipinski definition) is 3. The fourth-order valence-corrected chi connectivity index (χ4v) is 3.60. The number of nitrogens with one attached hydrogen (secondary N) is 3. The van der Waals surface area contributed by atoms with Gasteiger partial charge in [-0.25, -0.2) is 4.79 Å². The highest BCUT2D eigenvalue weighted by Crippen LogP contribution is 2.30. The van der Waals surface area contributed by atoms with Crippen LogP contribution in [0.2, 0.25) is 0 Å². The summed E-state index contributed by atoms with van der Waals surface area (Å²) in [5, 5.41) is 3.06. The number of nitrogens with zero attached hydrogens (tertiary/aromatic N) is 2. The summed E-state index contributed by atoms with van der Waals surface area (Å²) in [4.78, 5) is 34.4. The second-order valence-electron chi connectivity index (χ2n) is 7.32. The van der Waals surface area contributed by atoms with Crippen LogP contribution in [0, 0.1) is 0 Å². The predicted octanol–water partition coefficient (Wildman–Crippen LogP) is 2.18. The SMILES string of the molecule is CN1CCN(c2cc3[nH]c(=O)[nH]c3cc2NC(=O)CCc2ccccc2)CC1. The zero-order valence-corrected chi connectivity index (χ0v) is 16.0. The number of fused-ring (bicyclic) bond motifs is 1. The molecule has 0 radical (unpaired) electrons. The first kappa shape index (κ1) is 18.3. The molecular weight excluding hydrogens is 354 g/mol. The lowest BCUT2D eigenvalue weighted by Crippen LogP contribution is -2.44. The van der Waals surface area contributed by atoms with Crippen molar-refractivity contribution in [2.24, 2.45) is 0 Å². The molecular formula is C21H25N5O2. The highest BCUT2D eigenvalue weighted by molar-refractivity contribution is 5.98. The zero-order chi connectivity index (χ0) is 19.5. The number of amides is 1. The average molecular weight is 379 g/mol. The number of piperazine rings is 1. The number of aromatic nitrogens is 2. The maximum atomic E-state index is 12.6. The van der Waals surface area contributed by atoms with E-state index >= 15 is 0 Å². The minimum Gasteiger partial charge on any atom is -0.367 e. The molecule has 28 heavy (non-hydrogen) atoms. The van der Waals surface area contributed by atoms with Crippen LogP contribution in [0.5, 0.6) is 0 Å². The van der Waals surface area contributed by atoms with Crippen LogP contribution in [0.25, 0.3) is 11.0 Å². The fraction of sp³-hybridized carbons (Fsp3) is 0.333. The standard InChI is InChI=1S/C21H25N5O2/c1-25-9-11-26(12-10-25)19-14-17-16(23-21(28)24-17)13-18(19)22-20(27)8-7-15-5-3-2-4-6-15/h2-6,13-14H,7-12H2,1H3,(H,22,27)(H2,23,24,28). The van der Waals surface area contributed by atoms with Gasteiger partial charge in [-0.2, -0.15) is 0 Å². The highest BCUT2D eigenvalue weighted by Gasteiger charge is 2.19. The van der Waals surface area contributed by atoms with Gasteiger partial charge in [-0.05, 0) is 31.2 Å². The number of carbonyl (C=O) groups is 1. The summed E-state index contributed by atoms with van der Waals surface area (Å²) in [6, 6.07) is 13.8. The molecule has 2 aromatic carbocycles. The van der Waals surface area contributed by atoms with Crippen molar-refractivity contribution in [2.75, 3.05) is 43.4 Å². The van der Waals surface area contributed by atoms with Crippen LogP contribution in [0.1, 0.15) is 12.0 Å². The Morgan fingerprint density at radius 2 is 1.71 bits per heavy atom. The van der Waals surface area contributed by atoms with Gasteiger partial charge in [0.15, 0.2) is 0 Å². The van der Waals surface area contributed by atoms with Crippen molar-refractivity contribution in [3.8, 4) is 0 Å². The zero-order valence-electron chi connectivity index (χ0n) is 16.0. The predicted molar refractivity (Wildman–Crippen MR) is 112 cm³/mol. The van der Waals surface area contributed by atoms with Crippen LogP contribution in [-0.4, -0.2) is 54.0 Å². The van der Waals surface area contributed by atoms with E-state index in [0.29, 0.717) is 18.4 Å². The summed E-state index contributed by atoms with van der Waals surface area (Å²) in [5.74, 6) is -0.0311. The summed E-state index contributed by atoms with van der Waals surface area (Å²) < 4.78 is 0. The Morgan fingerprint density at radius 1 is 1.04 bits per heavy atom. The van der Waals surface area contributed by atoms with Gasteiger partial charge >= 0.3 is 5.69 Å². The minimum atomic E-state index is -0.244. The van der Waals surface area contributed by atoms with Gasteiger partial charge in [0.05, 0.1) is 22.4 Å². The molecule has 7 heteroatoms. The van der Waals surface area contributed by atoms with Crippen LogP contribution in [0.4, 0.5) is 11.4 Å². The molecule has 146 valence electrons. The van der Waals surface area contributed by atoms with Crippen molar-refractivity contribution >= 4 is 28.3 Å². The average Bonchev–Trinajstić information content (AvgIpc) is 3.06. The molecule has 1 fully saturated rings. The fourth-order valence-electron chi connectivity index (χ4n) is 3.60. The van der Waals surface area contributed by atoms with Gasteiger partial charge in [0.2, 0.25) is 5.91 Å². The van der Waals surface area contributed by atoms with Crippen molar-refractivity contribution in [2.45, 2.75) is 12.8 Å². The summed E-state index contributed by atoms with van der Waals surface area (Å²) in [6.07, 6.45) is 1.10. The molecule has 0 saturated carbocycles. The van der Waals surface area contributed by atoms with E-state index in [4.69, 9.17) is 0 Å². The van der Waals surface area contributed by atoms with Gasteiger partial charge in [0.25, 0.3) is 0 Å². The van der Waals surface area contributed by atoms with Crippen molar-refractivity contribution in [3.63, 3.8) is 0 Å². The molecule has 0 unspecified atom stereocenters. The Kier molecular flexibility index (Phi) is 5.16. The normalized spacial score (nSPS) is 15.1. The number of hydrogen-bond acceptors (Lipinski definition) is 4. The number of rotatable bonds is 5. The third-order valence-electron chi connectivity index (χ3n) is 5.23. The van der Waals surface area contributed by atoms with Gasteiger partial charge in [-0.3, -0.25) is 4.79 Å². The van der Waals surface area contributed by atoms with Gasteiger partial charge in [0, 0.05) is 32.6 Å². The molecule has 0 aliphatic carbocycles. The highest BCUT2D eigenvalue weighted by atomic mass is 16.1. The maximum Gasteiger partial charge on any atom is 0.323 e. The quantitative estimate of drug-likeness (QED) is 0.634. The lowest BCUT2D eigenvalue weighted by Gasteiger charge is -2.35. The smallest absolute Gasteiger partial charge is 0.323 e. The molecule has 1 aromatic heterocycles. The number of benzene rings is 2. The lowest BCUT2D eigenvalue weighted by atomic mass is 10.1. The van der Waals surface area contributed by atoms with E-state index in [1.54, 1.807) is 0 Å². The van der Waals surface area contributed by atoms with E-state index in [2.05, 4.69) is 32.1 Å². The number of carbonyl (C=O) groups excluding carboxylic acids is 1. The molecule has 0 bridgehead atoms. The van der Waals surface area contributed by atoms with E-state index in [9.17, 15) is 9.59 Å². The Balaban J connectivity index is 1.56. The van der Waals surface area contributed by atoms with Crippen molar-refractivity contribution in [1.29, 1.82) is 0 Å². The Morgan fingerprint density at radius 3 is 2.43 bits per heavy atom. The number of likely N-dealkylation sites (N-methyl/N-ethyl adjacent to an activating group) is 1. The number of imidazole rings is 1. The molecule has 3 aromatic rings. The van der Waals surface area contributed by atoms with Gasteiger partial charge in [0.1, 0.15) is 0 Å². The lowest BCUT2D eigenvalue weighted by molar-refractivity contribution is -0.116. The Hall–Kier alpha value is -3.06. The molecule has 1 aliphatic heterocycles. The minimum absolute atomic E-state index is 0.0311. The van der Waals surface area contributed by atoms with Gasteiger partial charge in [-0.1, -0.05) is 30.3 Å². The van der Waals surface area contributed by atoms with Crippen molar-refractivity contribution in [1.82, 2.24) is 14.9 Å². The molecule has 1 aliphatic rings. The first-order chi connectivity index (χ1) is 13.6. The third-order valence-corrected chi connectivity index (χ3v) is 5.23. The number of H-pyrrole nitrogens is 2. The second-order valence-corrected chi connectivity index (χ2v) is 7.32. The maximum absolute atomic E-state index is 12.6. The first-order valence-electron chi connectivity index (χ1n) is 9.62. The van der Waals surface area contributed by atoms with E-state index < -0.39 is 0 Å². The molecule has 2 heterocycles.